The van der Waals surface area contributed by atoms with Crippen molar-refractivity contribution in [1.29, 1.82) is 0 Å². The van der Waals surface area contributed by atoms with Crippen LogP contribution in [-0.4, -0.2) is 60.6 Å². The SMILES string of the molecule is CSc1ccc(N2CCC[C@](O)(CN(C)C)C2)cn1. The molecule has 4 nitrogen and oxygen atoms in total. The maximum absolute atomic E-state index is 10.7. The summed E-state index contributed by atoms with van der Waals surface area (Å²) in [5.74, 6) is 0. The van der Waals surface area contributed by atoms with Crippen LogP contribution >= 0.6 is 11.8 Å². The summed E-state index contributed by atoms with van der Waals surface area (Å²) in [5.41, 5.74) is 0.495. The Hall–Kier alpha value is -0.780. The first-order valence-electron chi connectivity index (χ1n) is 6.64. The minimum absolute atomic E-state index is 0.611. The smallest absolute Gasteiger partial charge is 0.0958 e. The van der Waals surface area contributed by atoms with Crippen molar-refractivity contribution in [2.45, 2.75) is 23.5 Å². The molecule has 2 heterocycles. The van der Waals surface area contributed by atoms with Crippen molar-refractivity contribution in [3.63, 3.8) is 0 Å². The minimum Gasteiger partial charge on any atom is -0.387 e. The number of β-amino-alcohol motifs (C(OH)–C–C–N with tert-alkyl or cyclic N) is 1. The molecule has 1 N–H and O–H groups in total. The van der Waals surface area contributed by atoms with Gasteiger partial charge in [0.2, 0.25) is 0 Å². The summed E-state index contributed by atoms with van der Waals surface area (Å²) in [5, 5.41) is 11.7. The van der Waals surface area contributed by atoms with Gasteiger partial charge in [-0.15, -0.1) is 11.8 Å². The lowest BCUT2D eigenvalue weighted by Gasteiger charge is -2.41. The lowest BCUT2D eigenvalue weighted by Crippen LogP contribution is -2.53. The molecule has 0 aromatic carbocycles. The monoisotopic (exact) mass is 281 g/mol. The van der Waals surface area contributed by atoms with Crippen LogP contribution in [0.15, 0.2) is 23.4 Å². The van der Waals surface area contributed by atoms with Crippen LogP contribution in [0.3, 0.4) is 0 Å². The lowest BCUT2D eigenvalue weighted by molar-refractivity contribution is 0.00369. The predicted octanol–water partition coefficient (Wildman–Crippen LogP) is 1.70. The van der Waals surface area contributed by atoms with Crippen molar-refractivity contribution < 1.29 is 5.11 Å². The third-order valence-electron chi connectivity index (χ3n) is 3.46. The minimum atomic E-state index is -0.611. The number of likely N-dealkylation sites (N-methyl/N-ethyl adjacent to an activating group) is 1. The van der Waals surface area contributed by atoms with Crippen molar-refractivity contribution in [3.05, 3.63) is 18.3 Å². The Balaban J connectivity index is 2.07. The maximum atomic E-state index is 10.7. The quantitative estimate of drug-likeness (QED) is 0.851. The molecule has 19 heavy (non-hydrogen) atoms. The van der Waals surface area contributed by atoms with Crippen LogP contribution in [0, 0.1) is 0 Å². The molecule has 0 aliphatic carbocycles. The summed E-state index contributed by atoms with van der Waals surface area (Å²) >= 11 is 1.65. The highest BCUT2D eigenvalue weighted by atomic mass is 32.2. The molecule has 2 rings (SSSR count). The maximum Gasteiger partial charge on any atom is 0.0958 e. The molecule has 1 fully saturated rings. The number of pyridine rings is 1. The average molecular weight is 281 g/mol. The average Bonchev–Trinajstić information content (AvgIpc) is 2.37. The number of nitrogens with zero attached hydrogens (tertiary/aromatic N) is 3. The molecule has 0 unspecified atom stereocenters. The summed E-state index contributed by atoms with van der Waals surface area (Å²) in [7, 11) is 4.01. The molecule has 0 spiro atoms. The highest BCUT2D eigenvalue weighted by Gasteiger charge is 2.33. The lowest BCUT2D eigenvalue weighted by atomic mass is 9.92. The van der Waals surface area contributed by atoms with E-state index in [4.69, 9.17) is 0 Å². The van der Waals surface area contributed by atoms with Crippen molar-refractivity contribution in [2.75, 3.05) is 44.9 Å². The van der Waals surface area contributed by atoms with E-state index in [0.717, 1.165) is 30.1 Å². The van der Waals surface area contributed by atoms with Crippen LogP contribution in [0.5, 0.6) is 0 Å². The first kappa shape index (κ1) is 14.6. The van der Waals surface area contributed by atoms with Gasteiger partial charge in [0.25, 0.3) is 0 Å². The van der Waals surface area contributed by atoms with Crippen LogP contribution in [-0.2, 0) is 0 Å². The van der Waals surface area contributed by atoms with Crippen LogP contribution in [0.4, 0.5) is 5.69 Å². The number of aromatic nitrogens is 1. The van der Waals surface area contributed by atoms with Gasteiger partial charge in [-0.2, -0.15) is 0 Å². The van der Waals surface area contributed by atoms with Gasteiger partial charge in [0.05, 0.1) is 22.5 Å². The summed E-state index contributed by atoms with van der Waals surface area (Å²) in [4.78, 5) is 8.70. The molecule has 0 saturated carbocycles. The van der Waals surface area contributed by atoms with Crippen LogP contribution in [0.25, 0.3) is 0 Å². The zero-order valence-electron chi connectivity index (χ0n) is 12.0. The third-order valence-corrected chi connectivity index (χ3v) is 4.12. The van der Waals surface area contributed by atoms with E-state index in [0.29, 0.717) is 13.1 Å². The molecule has 1 saturated heterocycles. The topological polar surface area (TPSA) is 39.6 Å². The van der Waals surface area contributed by atoms with Gasteiger partial charge in [-0.3, -0.25) is 0 Å². The third kappa shape index (κ3) is 3.84. The molecule has 1 aliphatic heterocycles. The Morgan fingerprint density at radius 3 is 2.84 bits per heavy atom. The van der Waals surface area contributed by atoms with Gasteiger partial charge in [-0.25, -0.2) is 4.98 Å². The number of thioether (sulfide) groups is 1. The van der Waals surface area contributed by atoms with Crippen LogP contribution < -0.4 is 4.90 Å². The number of anilines is 1. The molecular formula is C14H23N3OS. The van der Waals surface area contributed by atoms with E-state index in [1.807, 2.05) is 32.6 Å². The molecule has 0 amide bonds. The molecule has 1 aromatic heterocycles. The molecule has 1 aromatic rings. The van der Waals surface area contributed by atoms with E-state index >= 15 is 0 Å². The Kier molecular flexibility index (Phi) is 4.71. The summed E-state index contributed by atoms with van der Waals surface area (Å²) in [6.07, 6.45) is 5.83. The van der Waals surface area contributed by atoms with Gasteiger partial charge in [0.1, 0.15) is 0 Å². The van der Waals surface area contributed by atoms with Gasteiger partial charge in [-0.05, 0) is 45.3 Å². The zero-order valence-corrected chi connectivity index (χ0v) is 12.8. The Bertz CT molecular complexity index is 410. The molecule has 1 atom stereocenters. The molecule has 106 valence electrons. The normalized spacial score (nSPS) is 23.9. The Morgan fingerprint density at radius 2 is 2.26 bits per heavy atom. The van der Waals surface area contributed by atoms with E-state index < -0.39 is 5.60 Å². The first-order valence-corrected chi connectivity index (χ1v) is 7.87. The fourth-order valence-electron chi connectivity index (χ4n) is 2.73. The number of hydrogen-bond acceptors (Lipinski definition) is 5. The number of piperidine rings is 1. The Morgan fingerprint density at radius 1 is 1.47 bits per heavy atom. The van der Waals surface area contributed by atoms with Gasteiger partial charge in [0.15, 0.2) is 0 Å². The first-order chi connectivity index (χ1) is 9.02. The van der Waals surface area contributed by atoms with Crippen LogP contribution in [0.1, 0.15) is 12.8 Å². The molecular weight excluding hydrogens is 258 g/mol. The fourth-order valence-corrected chi connectivity index (χ4v) is 3.09. The molecule has 0 radical (unpaired) electrons. The summed E-state index contributed by atoms with van der Waals surface area (Å²) < 4.78 is 0. The van der Waals surface area contributed by atoms with Gasteiger partial charge in [0, 0.05) is 19.6 Å². The second-order valence-electron chi connectivity index (χ2n) is 5.55. The van der Waals surface area contributed by atoms with Gasteiger partial charge < -0.3 is 14.9 Å². The van der Waals surface area contributed by atoms with E-state index in [1.54, 1.807) is 11.8 Å². The zero-order chi connectivity index (χ0) is 13.9. The van der Waals surface area contributed by atoms with E-state index in [-0.39, 0.29) is 0 Å². The fraction of sp³-hybridized carbons (Fsp3) is 0.643. The standard InChI is InChI=1S/C14H23N3OS/c1-16(2)10-14(18)7-4-8-17(11-14)12-5-6-13(19-3)15-9-12/h5-6,9,18H,4,7-8,10-11H2,1-3H3/t14-/m0/s1. The highest BCUT2D eigenvalue weighted by molar-refractivity contribution is 7.98. The molecule has 0 bridgehead atoms. The number of rotatable bonds is 4. The number of aliphatic hydroxyl groups is 1. The summed E-state index contributed by atoms with van der Waals surface area (Å²) in [6.45, 7) is 2.39. The largest absolute Gasteiger partial charge is 0.387 e. The van der Waals surface area contributed by atoms with E-state index in [2.05, 4.69) is 20.9 Å². The predicted molar refractivity (Wildman–Crippen MR) is 81.0 cm³/mol. The van der Waals surface area contributed by atoms with Crippen molar-refractivity contribution >= 4 is 17.4 Å². The van der Waals surface area contributed by atoms with Gasteiger partial charge in [-0.1, -0.05) is 0 Å². The van der Waals surface area contributed by atoms with E-state index in [1.165, 1.54) is 0 Å². The number of hydrogen-bond donors (Lipinski definition) is 1. The van der Waals surface area contributed by atoms with Gasteiger partial charge >= 0.3 is 0 Å². The molecule has 5 heteroatoms. The van der Waals surface area contributed by atoms with Crippen molar-refractivity contribution in [2.24, 2.45) is 0 Å². The highest BCUT2D eigenvalue weighted by Crippen LogP contribution is 2.26. The molecule has 1 aliphatic rings. The van der Waals surface area contributed by atoms with Crippen molar-refractivity contribution in [1.82, 2.24) is 9.88 Å². The van der Waals surface area contributed by atoms with E-state index in [9.17, 15) is 5.11 Å². The second kappa shape index (κ2) is 6.11. The second-order valence-corrected chi connectivity index (χ2v) is 6.37. The summed E-state index contributed by atoms with van der Waals surface area (Å²) in [6, 6.07) is 4.14. The van der Waals surface area contributed by atoms with Crippen LogP contribution in [0.2, 0.25) is 0 Å². The van der Waals surface area contributed by atoms with Crippen molar-refractivity contribution in [3.8, 4) is 0 Å². The Labute approximate surface area is 119 Å².